The lowest BCUT2D eigenvalue weighted by atomic mass is 10.1. The molecule has 3 nitrogen and oxygen atoms in total. The molecular weight excluding hydrogens is 338 g/mol. The topological polar surface area (TPSA) is 43.8 Å². The van der Waals surface area contributed by atoms with Crippen molar-refractivity contribution in [1.29, 1.82) is 0 Å². The first-order valence-corrected chi connectivity index (χ1v) is 7.16. The Morgan fingerprint density at radius 1 is 1.05 bits per heavy atom. The molecule has 0 aliphatic carbocycles. The fourth-order valence-corrected chi connectivity index (χ4v) is 2.42. The van der Waals surface area contributed by atoms with Crippen molar-refractivity contribution in [2.45, 2.75) is 0 Å². The van der Waals surface area contributed by atoms with Gasteiger partial charge < -0.3 is 5.73 Å². The molecule has 0 amide bonds. The average molecular weight is 349 g/mol. The first-order chi connectivity index (χ1) is 9.63. The molecular formula is C15H11BrClN3. The number of hydrogen-bond donors (Lipinski definition) is 1. The molecule has 0 aliphatic rings. The minimum Gasteiger partial charge on any atom is -0.397 e. The summed E-state index contributed by atoms with van der Waals surface area (Å²) in [6.07, 6.45) is 3.76. The van der Waals surface area contributed by atoms with Crippen molar-refractivity contribution in [2.24, 2.45) is 0 Å². The smallest absolute Gasteiger partial charge is 0.0876 e. The number of nitrogens with two attached hydrogens (primary N) is 1. The molecule has 0 atom stereocenters. The third-order valence-corrected chi connectivity index (χ3v) is 3.76. The summed E-state index contributed by atoms with van der Waals surface area (Å²) >= 11 is 9.33. The zero-order chi connectivity index (χ0) is 14.1. The molecule has 2 N–H and O–H groups in total. The van der Waals surface area contributed by atoms with Crippen molar-refractivity contribution in [1.82, 2.24) is 9.78 Å². The Morgan fingerprint density at radius 3 is 2.50 bits per heavy atom. The number of nitrogen functional groups attached to an aromatic ring is 1. The quantitative estimate of drug-likeness (QED) is 0.691. The predicted octanol–water partition coefficient (Wildman–Crippen LogP) is 4.54. The highest BCUT2D eigenvalue weighted by Gasteiger charge is 2.06. The van der Waals surface area contributed by atoms with Crippen LogP contribution in [0.15, 0.2) is 59.3 Å². The number of anilines is 1. The van der Waals surface area contributed by atoms with Crippen LogP contribution in [-0.2, 0) is 0 Å². The van der Waals surface area contributed by atoms with Gasteiger partial charge in [0.15, 0.2) is 0 Å². The summed E-state index contributed by atoms with van der Waals surface area (Å²) < 4.78 is 2.80. The summed E-state index contributed by atoms with van der Waals surface area (Å²) in [7, 11) is 0. The van der Waals surface area contributed by atoms with Crippen molar-refractivity contribution >= 4 is 33.2 Å². The Morgan fingerprint density at radius 2 is 1.80 bits per heavy atom. The molecule has 0 fully saturated rings. The molecule has 0 aliphatic heterocycles. The highest BCUT2D eigenvalue weighted by Crippen LogP contribution is 2.25. The van der Waals surface area contributed by atoms with E-state index in [4.69, 9.17) is 17.3 Å². The van der Waals surface area contributed by atoms with E-state index < -0.39 is 0 Å². The van der Waals surface area contributed by atoms with E-state index in [0.717, 1.165) is 21.3 Å². The van der Waals surface area contributed by atoms with Crippen molar-refractivity contribution in [3.05, 3.63) is 64.4 Å². The Labute approximate surface area is 130 Å². The number of benzene rings is 2. The zero-order valence-electron chi connectivity index (χ0n) is 10.4. The van der Waals surface area contributed by atoms with Crippen LogP contribution in [0.3, 0.4) is 0 Å². The summed E-state index contributed by atoms with van der Waals surface area (Å²) in [4.78, 5) is 0. The van der Waals surface area contributed by atoms with E-state index in [9.17, 15) is 0 Å². The molecule has 0 saturated carbocycles. The van der Waals surface area contributed by atoms with Gasteiger partial charge in [-0.1, -0.05) is 39.7 Å². The van der Waals surface area contributed by atoms with E-state index >= 15 is 0 Å². The summed E-state index contributed by atoms with van der Waals surface area (Å²) in [5.41, 5.74) is 9.52. The van der Waals surface area contributed by atoms with Gasteiger partial charge in [0.25, 0.3) is 0 Å². The maximum absolute atomic E-state index is 5.97. The normalized spacial score (nSPS) is 10.7. The highest BCUT2D eigenvalue weighted by atomic mass is 79.9. The first kappa shape index (κ1) is 13.2. The molecule has 0 saturated heterocycles. The lowest BCUT2D eigenvalue weighted by Crippen LogP contribution is -1.99. The second-order valence-corrected chi connectivity index (χ2v) is 5.74. The molecule has 20 heavy (non-hydrogen) atoms. The van der Waals surface area contributed by atoms with Gasteiger partial charge in [-0.3, -0.25) is 0 Å². The number of halogens is 2. The molecule has 0 bridgehead atoms. The summed E-state index contributed by atoms with van der Waals surface area (Å²) in [6, 6.07) is 13.5. The minimum absolute atomic E-state index is 0.600. The van der Waals surface area contributed by atoms with Crippen LogP contribution in [0.25, 0.3) is 16.8 Å². The van der Waals surface area contributed by atoms with E-state index in [1.165, 1.54) is 0 Å². The van der Waals surface area contributed by atoms with E-state index in [-0.39, 0.29) is 0 Å². The molecule has 3 rings (SSSR count). The summed E-state index contributed by atoms with van der Waals surface area (Å²) in [5.74, 6) is 0. The Hall–Kier alpha value is -1.78. The summed E-state index contributed by atoms with van der Waals surface area (Å²) in [5, 5.41) is 4.97. The first-order valence-electron chi connectivity index (χ1n) is 5.99. The van der Waals surface area contributed by atoms with Crippen molar-refractivity contribution in [2.75, 3.05) is 5.73 Å². The molecule has 0 radical (unpaired) electrons. The minimum atomic E-state index is 0.600. The number of rotatable bonds is 2. The van der Waals surface area contributed by atoms with Crippen LogP contribution < -0.4 is 5.73 Å². The van der Waals surface area contributed by atoms with Gasteiger partial charge in [0.1, 0.15) is 0 Å². The molecule has 0 unspecified atom stereocenters. The van der Waals surface area contributed by atoms with Gasteiger partial charge in [0, 0.05) is 21.3 Å². The van der Waals surface area contributed by atoms with Crippen LogP contribution in [0.5, 0.6) is 0 Å². The van der Waals surface area contributed by atoms with Crippen molar-refractivity contribution < 1.29 is 0 Å². The maximum atomic E-state index is 5.97. The monoisotopic (exact) mass is 347 g/mol. The lowest BCUT2D eigenvalue weighted by Gasteiger charge is -2.05. The van der Waals surface area contributed by atoms with Crippen LogP contribution in [0.4, 0.5) is 5.69 Å². The van der Waals surface area contributed by atoms with Crippen LogP contribution in [-0.4, -0.2) is 9.78 Å². The number of aromatic nitrogens is 2. The van der Waals surface area contributed by atoms with Gasteiger partial charge in [-0.15, -0.1) is 0 Å². The number of hydrogen-bond acceptors (Lipinski definition) is 2. The molecule has 0 spiro atoms. The van der Waals surface area contributed by atoms with Gasteiger partial charge in [-0.25, -0.2) is 4.68 Å². The zero-order valence-corrected chi connectivity index (χ0v) is 12.8. The molecule has 1 aromatic heterocycles. The molecule has 100 valence electrons. The second kappa shape index (κ2) is 5.31. The maximum Gasteiger partial charge on any atom is 0.0876 e. The van der Waals surface area contributed by atoms with E-state index in [1.807, 2.05) is 42.7 Å². The predicted molar refractivity (Wildman–Crippen MR) is 86.1 cm³/mol. The fourth-order valence-electron chi connectivity index (χ4n) is 1.98. The second-order valence-electron chi connectivity index (χ2n) is 4.38. The van der Waals surface area contributed by atoms with E-state index in [0.29, 0.717) is 10.7 Å². The van der Waals surface area contributed by atoms with Crippen molar-refractivity contribution in [3.63, 3.8) is 0 Å². The molecule has 2 aromatic carbocycles. The fraction of sp³-hybridized carbons (Fsp3) is 0. The summed E-state index contributed by atoms with van der Waals surface area (Å²) in [6.45, 7) is 0. The van der Waals surface area contributed by atoms with E-state index in [2.05, 4.69) is 21.0 Å². The van der Waals surface area contributed by atoms with Crippen molar-refractivity contribution in [3.8, 4) is 16.8 Å². The van der Waals surface area contributed by atoms with Gasteiger partial charge >= 0.3 is 0 Å². The molecule has 5 heteroatoms. The van der Waals surface area contributed by atoms with Gasteiger partial charge in [0.2, 0.25) is 0 Å². The molecule has 1 heterocycles. The Balaban J connectivity index is 1.99. The third-order valence-electron chi connectivity index (χ3n) is 3.00. The van der Waals surface area contributed by atoms with Crippen LogP contribution in [0, 0.1) is 0 Å². The SMILES string of the molecule is Nc1cc(Cl)ccc1-n1cc(-c2ccc(Br)cc2)cn1. The standard InChI is InChI=1S/C15H11BrClN3/c16-12-3-1-10(2-4-12)11-8-19-20(9-11)15-6-5-13(17)7-14(15)18/h1-9H,18H2. The Kier molecular flexibility index (Phi) is 3.51. The Bertz CT molecular complexity index is 750. The van der Waals surface area contributed by atoms with Crippen LogP contribution in [0.2, 0.25) is 5.02 Å². The third kappa shape index (κ3) is 2.57. The van der Waals surface area contributed by atoms with E-state index in [1.54, 1.807) is 16.8 Å². The molecule has 3 aromatic rings. The van der Waals surface area contributed by atoms with Gasteiger partial charge in [-0.2, -0.15) is 5.10 Å². The highest BCUT2D eigenvalue weighted by molar-refractivity contribution is 9.10. The van der Waals surface area contributed by atoms with Gasteiger partial charge in [-0.05, 0) is 35.9 Å². The lowest BCUT2D eigenvalue weighted by molar-refractivity contribution is 0.883. The van der Waals surface area contributed by atoms with Gasteiger partial charge in [0.05, 0.1) is 17.6 Å². The van der Waals surface area contributed by atoms with Crippen LogP contribution in [0.1, 0.15) is 0 Å². The largest absolute Gasteiger partial charge is 0.397 e. The number of nitrogens with zero attached hydrogens (tertiary/aromatic N) is 2. The average Bonchev–Trinajstić information content (AvgIpc) is 2.89. The van der Waals surface area contributed by atoms with Crippen LogP contribution >= 0.6 is 27.5 Å².